The Labute approximate surface area is 191 Å². The minimum absolute atomic E-state index is 0.0817. The van der Waals surface area contributed by atoms with Crippen molar-refractivity contribution in [1.82, 2.24) is 16.0 Å². The third kappa shape index (κ3) is 4.85. The SMILES string of the molecule is COc1ccc(NC2NC(=O)C3C(NC(=O)CC3C(=O)Nc3cc(OC)ccc3C)N2)cc1. The normalized spacial score (nSPS) is 24.1. The van der Waals surface area contributed by atoms with Crippen LogP contribution >= 0.6 is 0 Å². The number of hydrogen-bond acceptors (Lipinski definition) is 7. The average Bonchev–Trinajstić information content (AvgIpc) is 2.80. The van der Waals surface area contributed by atoms with Crippen LogP contribution in [0, 0.1) is 18.8 Å². The summed E-state index contributed by atoms with van der Waals surface area (Å²) in [4.78, 5) is 38.5. The van der Waals surface area contributed by atoms with Crippen molar-refractivity contribution >= 4 is 29.1 Å². The molecule has 0 aliphatic carbocycles. The van der Waals surface area contributed by atoms with Crippen molar-refractivity contribution < 1.29 is 23.9 Å². The molecule has 2 aromatic carbocycles. The molecule has 0 saturated carbocycles. The Balaban J connectivity index is 1.48. The number of hydrogen-bond donors (Lipinski definition) is 5. The molecule has 10 nitrogen and oxygen atoms in total. The van der Waals surface area contributed by atoms with Crippen LogP contribution in [0.1, 0.15) is 12.0 Å². The molecule has 5 N–H and O–H groups in total. The molecule has 0 spiro atoms. The van der Waals surface area contributed by atoms with Crippen molar-refractivity contribution in [1.29, 1.82) is 0 Å². The molecule has 0 radical (unpaired) electrons. The average molecular weight is 453 g/mol. The second kappa shape index (κ2) is 9.37. The van der Waals surface area contributed by atoms with E-state index in [9.17, 15) is 14.4 Å². The maximum Gasteiger partial charge on any atom is 0.229 e. The van der Waals surface area contributed by atoms with Gasteiger partial charge in [-0.2, -0.15) is 0 Å². The lowest BCUT2D eigenvalue weighted by Crippen LogP contribution is -2.72. The first-order chi connectivity index (χ1) is 15.9. The van der Waals surface area contributed by atoms with E-state index in [2.05, 4.69) is 26.6 Å². The number of ether oxygens (including phenoxy) is 2. The third-order valence-corrected chi connectivity index (χ3v) is 5.89. The fraction of sp³-hybridized carbons (Fsp3) is 0.348. The molecule has 2 aromatic rings. The van der Waals surface area contributed by atoms with Crippen molar-refractivity contribution in [2.75, 3.05) is 24.9 Å². The van der Waals surface area contributed by atoms with Crippen molar-refractivity contribution in [3.8, 4) is 11.5 Å². The molecule has 0 bridgehead atoms. The van der Waals surface area contributed by atoms with Gasteiger partial charge in [0.15, 0.2) is 6.29 Å². The van der Waals surface area contributed by atoms with Gasteiger partial charge in [-0.05, 0) is 42.8 Å². The van der Waals surface area contributed by atoms with E-state index in [1.165, 1.54) is 0 Å². The standard InChI is InChI=1S/C23H27N5O5/c1-12-4-7-15(33-3)10-17(12)25-21(30)16-11-18(29)26-20-19(16)22(31)28-23(27-20)24-13-5-8-14(32-2)9-6-13/h4-10,16,19-20,23-24,27H,11H2,1-3H3,(H,25,30)(H,26,29)(H,28,31). The van der Waals surface area contributed by atoms with Gasteiger partial charge in [-0.3, -0.25) is 19.7 Å². The fourth-order valence-electron chi connectivity index (χ4n) is 4.10. The Kier molecular flexibility index (Phi) is 6.36. The van der Waals surface area contributed by atoms with Crippen LogP contribution < -0.4 is 36.1 Å². The highest BCUT2D eigenvalue weighted by atomic mass is 16.5. The lowest BCUT2D eigenvalue weighted by molar-refractivity contribution is -0.144. The van der Waals surface area contributed by atoms with Gasteiger partial charge in [0.1, 0.15) is 11.5 Å². The van der Waals surface area contributed by atoms with Gasteiger partial charge in [-0.1, -0.05) is 6.07 Å². The first-order valence-corrected chi connectivity index (χ1v) is 10.6. The number of rotatable bonds is 6. The summed E-state index contributed by atoms with van der Waals surface area (Å²) in [6.07, 6.45) is -1.41. The van der Waals surface area contributed by atoms with E-state index < -0.39 is 30.2 Å². The molecule has 2 fully saturated rings. The van der Waals surface area contributed by atoms with Crippen LogP contribution in [0.5, 0.6) is 11.5 Å². The van der Waals surface area contributed by atoms with Crippen LogP contribution in [0.2, 0.25) is 0 Å². The van der Waals surface area contributed by atoms with Gasteiger partial charge < -0.3 is 30.7 Å². The quantitative estimate of drug-likeness (QED) is 0.444. The summed E-state index contributed by atoms with van der Waals surface area (Å²) in [6, 6.07) is 12.5. The Morgan fingerprint density at radius 1 is 1.00 bits per heavy atom. The van der Waals surface area contributed by atoms with Gasteiger partial charge >= 0.3 is 0 Å². The summed E-state index contributed by atoms with van der Waals surface area (Å²) >= 11 is 0. The van der Waals surface area contributed by atoms with E-state index in [4.69, 9.17) is 9.47 Å². The van der Waals surface area contributed by atoms with E-state index >= 15 is 0 Å². The van der Waals surface area contributed by atoms with Gasteiger partial charge in [0.2, 0.25) is 17.7 Å². The highest BCUT2D eigenvalue weighted by Crippen LogP contribution is 2.29. The summed E-state index contributed by atoms with van der Waals surface area (Å²) in [5.41, 5.74) is 2.16. The van der Waals surface area contributed by atoms with E-state index in [-0.39, 0.29) is 18.2 Å². The largest absolute Gasteiger partial charge is 0.497 e. The van der Waals surface area contributed by atoms with E-state index in [0.717, 1.165) is 11.3 Å². The molecule has 33 heavy (non-hydrogen) atoms. The second-order valence-electron chi connectivity index (χ2n) is 8.03. The molecular weight excluding hydrogens is 426 g/mol. The zero-order valence-electron chi connectivity index (χ0n) is 18.6. The van der Waals surface area contributed by atoms with Crippen molar-refractivity contribution in [2.45, 2.75) is 25.8 Å². The highest BCUT2D eigenvalue weighted by molar-refractivity contribution is 6.00. The molecule has 3 amide bonds. The van der Waals surface area contributed by atoms with Crippen molar-refractivity contribution in [3.63, 3.8) is 0 Å². The Hall–Kier alpha value is -3.79. The van der Waals surface area contributed by atoms with Crippen LogP contribution in [0.4, 0.5) is 11.4 Å². The molecule has 0 aromatic heterocycles. The van der Waals surface area contributed by atoms with Gasteiger partial charge in [0.05, 0.1) is 32.2 Å². The number of benzene rings is 2. The molecule has 10 heteroatoms. The third-order valence-electron chi connectivity index (χ3n) is 5.89. The number of methoxy groups -OCH3 is 2. The number of anilines is 2. The Morgan fingerprint density at radius 2 is 1.70 bits per heavy atom. The van der Waals surface area contributed by atoms with E-state index in [0.29, 0.717) is 17.2 Å². The van der Waals surface area contributed by atoms with E-state index in [1.54, 1.807) is 38.5 Å². The van der Waals surface area contributed by atoms with Crippen LogP contribution in [0.15, 0.2) is 42.5 Å². The predicted molar refractivity (Wildman–Crippen MR) is 122 cm³/mol. The predicted octanol–water partition coefficient (Wildman–Crippen LogP) is 1.14. The maximum atomic E-state index is 13.1. The molecule has 2 aliphatic heterocycles. The zero-order valence-corrected chi connectivity index (χ0v) is 18.6. The highest BCUT2D eigenvalue weighted by Gasteiger charge is 2.48. The number of fused-ring (bicyclic) bond motifs is 1. The summed E-state index contributed by atoms with van der Waals surface area (Å²) < 4.78 is 10.4. The first-order valence-electron chi connectivity index (χ1n) is 10.6. The zero-order chi connectivity index (χ0) is 23.5. The van der Waals surface area contributed by atoms with Gasteiger partial charge in [-0.15, -0.1) is 0 Å². The molecule has 174 valence electrons. The number of amides is 3. The summed E-state index contributed by atoms with van der Waals surface area (Å²) in [5, 5.41) is 14.8. The number of nitrogens with one attached hydrogen (secondary N) is 5. The molecule has 2 saturated heterocycles. The van der Waals surface area contributed by atoms with Crippen molar-refractivity contribution in [3.05, 3.63) is 48.0 Å². The molecule has 4 unspecified atom stereocenters. The van der Waals surface area contributed by atoms with Crippen LogP contribution in [-0.4, -0.2) is 44.4 Å². The van der Waals surface area contributed by atoms with E-state index in [1.807, 2.05) is 25.1 Å². The molecule has 4 rings (SSSR count). The number of piperidine rings is 1. The first kappa shape index (κ1) is 22.4. The summed E-state index contributed by atoms with van der Waals surface area (Å²) in [5.74, 6) is -1.31. The maximum absolute atomic E-state index is 13.1. The summed E-state index contributed by atoms with van der Waals surface area (Å²) in [6.45, 7) is 1.86. The van der Waals surface area contributed by atoms with Crippen LogP contribution in [-0.2, 0) is 14.4 Å². The monoisotopic (exact) mass is 453 g/mol. The number of aryl methyl sites for hydroxylation is 1. The van der Waals surface area contributed by atoms with Gasteiger partial charge in [-0.25, -0.2) is 0 Å². The van der Waals surface area contributed by atoms with Crippen LogP contribution in [0.3, 0.4) is 0 Å². The topological polar surface area (TPSA) is 130 Å². The summed E-state index contributed by atoms with van der Waals surface area (Å²) in [7, 11) is 3.13. The van der Waals surface area contributed by atoms with Crippen molar-refractivity contribution in [2.24, 2.45) is 11.8 Å². The lowest BCUT2D eigenvalue weighted by Gasteiger charge is -2.43. The smallest absolute Gasteiger partial charge is 0.229 e. The minimum Gasteiger partial charge on any atom is -0.497 e. The van der Waals surface area contributed by atoms with Gasteiger partial charge in [0.25, 0.3) is 0 Å². The minimum atomic E-state index is -0.830. The number of carbonyl (C=O) groups excluding carboxylic acids is 3. The molecule has 2 heterocycles. The molecular formula is C23H27N5O5. The van der Waals surface area contributed by atoms with Crippen LogP contribution in [0.25, 0.3) is 0 Å². The number of carbonyl (C=O) groups is 3. The fourth-order valence-corrected chi connectivity index (χ4v) is 4.10. The van der Waals surface area contributed by atoms with Gasteiger partial charge in [0, 0.05) is 23.9 Å². The molecule has 2 aliphatic rings. The second-order valence-corrected chi connectivity index (χ2v) is 8.03. The lowest BCUT2D eigenvalue weighted by atomic mass is 9.81. The Morgan fingerprint density at radius 3 is 2.39 bits per heavy atom. The Bertz CT molecular complexity index is 1060. The molecule has 4 atom stereocenters.